The number of aliphatic carboxylic acids is 1. The van der Waals surface area contributed by atoms with Crippen LogP contribution in [0.4, 0.5) is 0 Å². The van der Waals surface area contributed by atoms with Gasteiger partial charge in [-0.2, -0.15) is 0 Å². The first kappa shape index (κ1) is 16.0. The van der Waals surface area contributed by atoms with E-state index in [0.29, 0.717) is 18.5 Å². The third-order valence-corrected chi connectivity index (χ3v) is 4.27. The molecular formula is C17H26N2O2. The Morgan fingerprint density at radius 1 is 1.33 bits per heavy atom. The predicted molar refractivity (Wildman–Crippen MR) is 84.2 cm³/mol. The monoisotopic (exact) mass is 290 g/mol. The van der Waals surface area contributed by atoms with E-state index in [-0.39, 0.29) is 6.42 Å². The number of carbonyl (C=O) groups is 1. The maximum atomic E-state index is 10.7. The number of piperidine rings is 1. The molecule has 0 aromatic heterocycles. The van der Waals surface area contributed by atoms with Gasteiger partial charge in [-0.05, 0) is 17.9 Å². The highest BCUT2D eigenvalue weighted by Crippen LogP contribution is 2.20. The summed E-state index contributed by atoms with van der Waals surface area (Å²) in [5.41, 5.74) is 1.30. The van der Waals surface area contributed by atoms with Gasteiger partial charge in [-0.1, -0.05) is 43.7 Å². The van der Waals surface area contributed by atoms with Crippen molar-refractivity contribution in [1.29, 1.82) is 0 Å². The molecule has 4 nitrogen and oxygen atoms in total. The minimum atomic E-state index is -0.706. The van der Waals surface area contributed by atoms with Crippen molar-refractivity contribution < 1.29 is 9.90 Å². The van der Waals surface area contributed by atoms with Gasteiger partial charge in [0.2, 0.25) is 0 Å². The Hall–Kier alpha value is -1.39. The molecule has 2 N–H and O–H groups in total. The summed E-state index contributed by atoms with van der Waals surface area (Å²) in [6, 6.07) is 10.9. The first-order valence-electron chi connectivity index (χ1n) is 7.88. The molecule has 116 valence electrons. The minimum absolute atomic E-state index is 0.238. The molecule has 4 heteroatoms. The van der Waals surface area contributed by atoms with E-state index in [1.54, 1.807) is 0 Å². The molecule has 0 radical (unpaired) electrons. The second-order valence-electron chi connectivity index (χ2n) is 5.98. The lowest BCUT2D eigenvalue weighted by molar-refractivity contribution is -0.137. The molecule has 0 saturated carbocycles. The first-order valence-corrected chi connectivity index (χ1v) is 7.88. The normalized spacial score (nSPS) is 23.1. The van der Waals surface area contributed by atoms with Gasteiger partial charge < -0.3 is 15.3 Å². The van der Waals surface area contributed by atoms with Gasteiger partial charge in [-0.15, -0.1) is 0 Å². The fraction of sp³-hybridized carbons (Fsp3) is 0.588. The number of nitrogens with one attached hydrogen (secondary N) is 1. The molecule has 1 saturated heterocycles. The van der Waals surface area contributed by atoms with Crippen LogP contribution in [0.2, 0.25) is 0 Å². The summed E-state index contributed by atoms with van der Waals surface area (Å²) in [5.74, 6) is -0.0387. The van der Waals surface area contributed by atoms with Crippen molar-refractivity contribution in [3.63, 3.8) is 0 Å². The number of carboxylic acid groups (broad SMARTS) is 1. The van der Waals surface area contributed by atoms with Gasteiger partial charge in [0.15, 0.2) is 0 Å². The van der Waals surface area contributed by atoms with Gasteiger partial charge in [0.25, 0.3) is 0 Å². The number of carboxylic acids is 1. The summed E-state index contributed by atoms with van der Waals surface area (Å²) in [5, 5.41) is 12.5. The number of benzene rings is 1. The van der Waals surface area contributed by atoms with Gasteiger partial charge in [-0.25, -0.2) is 0 Å². The highest BCUT2D eigenvalue weighted by Gasteiger charge is 2.25. The van der Waals surface area contributed by atoms with E-state index < -0.39 is 5.97 Å². The second-order valence-corrected chi connectivity index (χ2v) is 5.98. The fourth-order valence-electron chi connectivity index (χ4n) is 3.04. The third kappa shape index (κ3) is 5.48. The van der Waals surface area contributed by atoms with Crippen molar-refractivity contribution in [2.75, 3.05) is 19.6 Å². The van der Waals surface area contributed by atoms with Crippen LogP contribution < -0.4 is 5.32 Å². The van der Waals surface area contributed by atoms with E-state index in [2.05, 4.69) is 41.4 Å². The maximum absolute atomic E-state index is 10.7. The van der Waals surface area contributed by atoms with Gasteiger partial charge >= 0.3 is 5.97 Å². The zero-order chi connectivity index (χ0) is 15.1. The van der Waals surface area contributed by atoms with Crippen LogP contribution in [0.25, 0.3) is 0 Å². The Morgan fingerprint density at radius 3 is 2.76 bits per heavy atom. The van der Waals surface area contributed by atoms with Crippen LogP contribution in [0, 0.1) is 5.92 Å². The van der Waals surface area contributed by atoms with Crippen LogP contribution in [-0.2, 0) is 11.3 Å². The highest BCUT2D eigenvalue weighted by molar-refractivity contribution is 5.66. The summed E-state index contributed by atoms with van der Waals surface area (Å²) in [6.45, 7) is 5.76. The lowest BCUT2D eigenvalue weighted by atomic mass is 9.92. The Morgan fingerprint density at radius 2 is 2.10 bits per heavy atom. The molecule has 1 aromatic rings. The van der Waals surface area contributed by atoms with E-state index in [9.17, 15) is 4.79 Å². The lowest BCUT2D eigenvalue weighted by Gasteiger charge is -2.38. The first-order chi connectivity index (χ1) is 10.2. The minimum Gasteiger partial charge on any atom is -0.481 e. The van der Waals surface area contributed by atoms with Crippen LogP contribution in [-0.4, -0.2) is 41.7 Å². The molecule has 2 rings (SSSR count). The van der Waals surface area contributed by atoms with Crippen molar-refractivity contribution in [3.05, 3.63) is 35.9 Å². The number of hydrogen-bond donors (Lipinski definition) is 2. The Labute approximate surface area is 127 Å². The molecule has 0 spiro atoms. The van der Waals surface area contributed by atoms with Crippen LogP contribution in [0.5, 0.6) is 0 Å². The molecule has 1 fully saturated rings. The van der Waals surface area contributed by atoms with Gasteiger partial charge in [0.1, 0.15) is 0 Å². The largest absolute Gasteiger partial charge is 0.481 e. The molecular weight excluding hydrogens is 264 g/mol. The average molecular weight is 290 g/mol. The topological polar surface area (TPSA) is 52.6 Å². The van der Waals surface area contributed by atoms with E-state index in [0.717, 1.165) is 26.1 Å². The Kier molecular flexibility index (Phi) is 6.21. The van der Waals surface area contributed by atoms with Gasteiger partial charge in [-0.3, -0.25) is 4.79 Å². The third-order valence-electron chi connectivity index (χ3n) is 4.27. The van der Waals surface area contributed by atoms with Gasteiger partial charge in [0, 0.05) is 32.2 Å². The Bertz CT molecular complexity index is 436. The number of rotatable bonds is 7. The van der Waals surface area contributed by atoms with Crippen molar-refractivity contribution >= 4 is 5.97 Å². The summed E-state index contributed by atoms with van der Waals surface area (Å²) < 4.78 is 0. The van der Waals surface area contributed by atoms with Crippen LogP contribution in [0.3, 0.4) is 0 Å². The average Bonchev–Trinajstić information content (AvgIpc) is 2.51. The van der Waals surface area contributed by atoms with Crippen molar-refractivity contribution in [2.45, 2.75) is 38.8 Å². The van der Waals surface area contributed by atoms with Crippen molar-refractivity contribution in [3.8, 4) is 0 Å². The van der Waals surface area contributed by atoms with E-state index in [1.165, 1.54) is 12.0 Å². The molecule has 1 aromatic carbocycles. The molecule has 2 unspecified atom stereocenters. The quantitative estimate of drug-likeness (QED) is 0.809. The van der Waals surface area contributed by atoms with E-state index in [1.807, 2.05) is 6.07 Å². The van der Waals surface area contributed by atoms with E-state index in [4.69, 9.17) is 5.11 Å². The number of likely N-dealkylation sites (tertiary alicyclic amines) is 1. The molecule has 1 aliphatic rings. The lowest BCUT2D eigenvalue weighted by Crippen LogP contribution is -2.49. The molecule has 0 aliphatic carbocycles. The predicted octanol–water partition coefficient (Wildman–Crippen LogP) is 2.35. The van der Waals surface area contributed by atoms with Crippen LogP contribution in [0.1, 0.15) is 31.7 Å². The molecule has 0 bridgehead atoms. The molecule has 1 heterocycles. The summed E-state index contributed by atoms with van der Waals surface area (Å²) in [4.78, 5) is 13.0. The Balaban J connectivity index is 1.84. The van der Waals surface area contributed by atoms with Gasteiger partial charge in [0.05, 0.1) is 6.42 Å². The van der Waals surface area contributed by atoms with E-state index >= 15 is 0 Å². The summed E-state index contributed by atoms with van der Waals surface area (Å²) in [6.07, 6.45) is 2.59. The highest BCUT2D eigenvalue weighted by atomic mass is 16.4. The smallest absolute Gasteiger partial charge is 0.304 e. The number of nitrogens with zero attached hydrogens (tertiary/aromatic N) is 1. The van der Waals surface area contributed by atoms with Crippen molar-refractivity contribution in [1.82, 2.24) is 10.2 Å². The maximum Gasteiger partial charge on any atom is 0.304 e. The van der Waals surface area contributed by atoms with Crippen molar-refractivity contribution in [2.24, 2.45) is 5.92 Å². The fourth-order valence-corrected chi connectivity index (χ4v) is 3.04. The summed E-state index contributed by atoms with van der Waals surface area (Å²) in [7, 11) is 0. The molecule has 21 heavy (non-hydrogen) atoms. The van der Waals surface area contributed by atoms with Crippen LogP contribution >= 0.6 is 0 Å². The SMILES string of the molecule is CCC1CC(NCc2ccccc2)CN(CCC(=O)O)C1. The molecule has 0 amide bonds. The number of hydrogen-bond acceptors (Lipinski definition) is 3. The molecule has 2 atom stereocenters. The van der Waals surface area contributed by atoms with Crippen LogP contribution in [0.15, 0.2) is 30.3 Å². The second kappa shape index (κ2) is 8.15. The molecule has 1 aliphatic heterocycles. The standard InChI is InChI=1S/C17H26N2O2/c1-2-14-10-16(13-19(12-14)9-8-17(20)21)18-11-15-6-4-3-5-7-15/h3-7,14,16,18H,2,8-13H2,1H3,(H,20,21). The zero-order valence-electron chi connectivity index (χ0n) is 12.8. The zero-order valence-corrected chi connectivity index (χ0v) is 12.8. The summed E-state index contributed by atoms with van der Waals surface area (Å²) >= 11 is 0.